The average Bonchev–Trinajstić information content (AvgIpc) is 2.82. The Kier molecular flexibility index (Phi) is 4.85. The van der Waals surface area contributed by atoms with Crippen molar-refractivity contribution >= 4 is 23.7 Å². The van der Waals surface area contributed by atoms with Gasteiger partial charge in [-0.2, -0.15) is 0 Å². The maximum atomic E-state index is 12.4. The van der Waals surface area contributed by atoms with Gasteiger partial charge in [-0.25, -0.2) is 9.59 Å². The Balaban J connectivity index is 1.52. The molecule has 2 fully saturated rings. The molecule has 2 saturated heterocycles. The minimum atomic E-state index is -0.551. The summed E-state index contributed by atoms with van der Waals surface area (Å²) >= 11 is 6.12. The summed E-state index contributed by atoms with van der Waals surface area (Å²) in [5.41, 5.74) is 0.463. The lowest BCUT2D eigenvalue weighted by Gasteiger charge is -2.38. The first-order chi connectivity index (χ1) is 11.5. The molecule has 0 bridgehead atoms. The van der Waals surface area contributed by atoms with Gasteiger partial charge in [-0.05, 0) is 30.9 Å². The van der Waals surface area contributed by atoms with Crippen LogP contribution in [0, 0.1) is 0 Å². The number of carbonyl (C=O) groups excluding carboxylic acids is 2. The van der Waals surface area contributed by atoms with Crippen LogP contribution in [0.1, 0.15) is 18.4 Å². The summed E-state index contributed by atoms with van der Waals surface area (Å²) in [7, 11) is 1.72. The molecule has 2 aliphatic rings. The average molecular weight is 352 g/mol. The smallest absolute Gasteiger partial charge is 0.410 e. The minimum absolute atomic E-state index is 0.119. The fourth-order valence-electron chi connectivity index (χ4n) is 3.39. The van der Waals surface area contributed by atoms with Crippen LogP contribution in [0.4, 0.5) is 9.59 Å². The van der Waals surface area contributed by atoms with Gasteiger partial charge in [0.1, 0.15) is 5.60 Å². The van der Waals surface area contributed by atoms with Gasteiger partial charge in [-0.15, -0.1) is 0 Å². The van der Waals surface area contributed by atoms with E-state index in [0.29, 0.717) is 37.6 Å². The molecule has 0 aliphatic carbocycles. The lowest BCUT2D eigenvalue weighted by molar-refractivity contribution is 0.00325. The van der Waals surface area contributed by atoms with E-state index >= 15 is 0 Å². The van der Waals surface area contributed by atoms with Gasteiger partial charge in [-0.1, -0.05) is 29.8 Å². The van der Waals surface area contributed by atoms with Crippen LogP contribution >= 0.6 is 11.6 Å². The second kappa shape index (κ2) is 6.89. The Morgan fingerprint density at radius 1 is 1.38 bits per heavy atom. The highest BCUT2D eigenvalue weighted by molar-refractivity contribution is 6.31. The number of nitrogens with zero attached hydrogens (tertiary/aromatic N) is 2. The van der Waals surface area contributed by atoms with Crippen LogP contribution < -0.4 is 5.32 Å². The van der Waals surface area contributed by atoms with Crippen molar-refractivity contribution in [1.82, 2.24) is 15.1 Å². The third-order valence-corrected chi connectivity index (χ3v) is 4.96. The van der Waals surface area contributed by atoms with Gasteiger partial charge in [0.25, 0.3) is 0 Å². The molecule has 0 unspecified atom stereocenters. The first kappa shape index (κ1) is 16.9. The quantitative estimate of drug-likeness (QED) is 0.910. The van der Waals surface area contributed by atoms with E-state index < -0.39 is 5.60 Å². The molecule has 3 amide bonds. The summed E-state index contributed by atoms with van der Waals surface area (Å²) in [4.78, 5) is 27.4. The molecule has 1 atom stereocenters. The SMILES string of the molecule is CN1C[C@@]2(CCCN(C(=O)NCCc3ccccc3Cl)C2)OC1=O. The maximum absolute atomic E-state index is 12.4. The molecule has 3 rings (SSSR count). The van der Waals surface area contributed by atoms with Gasteiger partial charge in [0.2, 0.25) is 0 Å². The summed E-state index contributed by atoms with van der Waals surface area (Å²) in [6.07, 6.45) is 2.00. The first-order valence-electron chi connectivity index (χ1n) is 8.19. The first-order valence-corrected chi connectivity index (χ1v) is 8.57. The largest absolute Gasteiger partial charge is 0.439 e. The fourth-order valence-corrected chi connectivity index (χ4v) is 3.62. The van der Waals surface area contributed by atoms with Gasteiger partial charge in [0, 0.05) is 25.2 Å². The van der Waals surface area contributed by atoms with Crippen LogP contribution in [0.25, 0.3) is 0 Å². The number of likely N-dealkylation sites (N-methyl/N-ethyl adjacent to an activating group) is 1. The van der Waals surface area contributed by atoms with Crippen molar-refractivity contribution in [2.24, 2.45) is 0 Å². The summed E-state index contributed by atoms with van der Waals surface area (Å²) in [6, 6.07) is 7.50. The third-order valence-electron chi connectivity index (χ3n) is 4.60. The Morgan fingerprint density at radius 3 is 2.88 bits per heavy atom. The summed E-state index contributed by atoms with van der Waals surface area (Å²) in [6.45, 7) is 2.18. The Hall–Kier alpha value is -1.95. The second-order valence-corrected chi connectivity index (χ2v) is 6.91. The number of rotatable bonds is 3. The number of halogens is 1. The third kappa shape index (κ3) is 3.59. The van der Waals surface area contributed by atoms with Crippen LogP contribution in [-0.4, -0.2) is 60.8 Å². The maximum Gasteiger partial charge on any atom is 0.410 e. The van der Waals surface area contributed by atoms with E-state index in [2.05, 4.69) is 5.32 Å². The minimum Gasteiger partial charge on any atom is -0.439 e. The number of likely N-dealkylation sites (tertiary alicyclic amines) is 1. The predicted molar refractivity (Wildman–Crippen MR) is 91.2 cm³/mol. The number of nitrogens with one attached hydrogen (secondary N) is 1. The molecule has 2 aliphatic heterocycles. The van der Waals surface area contributed by atoms with Gasteiger partial charge in [0.15, 0.2) is 0 Å². The molecule has 1 aromatic carbocycles. The molecular weight excluding hydrogens is 330 g/mol. The van der Waals surface area contributed by atoms with Crippen molar-refractivity contribution in [3.05, 3.63) is 34.9 Å². The molecule has 2 heterocycles. The van der Waals surface area contributed by atoms with Crippen molar-refractivity contribution in [3.63, 3.8) is 0 Å². The highest BCUT2D eigenvalue weighted by Crippen LogP contribution is 2.31. The van der Waals surface area contributed by atoms with Crippen LogP contribution in [0.2, 0.25) is 5.02 Å². The van der Waals surface area contributed by atoms with Crippen molar-refractivity contribution in [1.29, 1.82) is 0 Å². The summed E-state index contributed by atoms with van der Waals surface area (Å²) in [5.74, 6) is 0. The van der Waals surface area contributed by atoms with Gasteiger partial charge < -0.3 is 19.9 Å². The molecule has 24 heavy (non-hydrogen) atoms. The van der Waals surface area contributed by atoms with Gasteiger partial charge in [-0.3, -0.25) is 0 Å². The van der Waals surface area contributed by atoms with Crippen molar-refractivity contribution in [3.8, 4) is 0 Å². The van der Waals surface area contributed by atoms with E-state index in [1.54, 1.807) is 16.8 Å². The Labute approximate surface area is 146 Å². The number of amides is 3. The van der Waals surface area contributed by atoms with E-state index in [4.69, 9.17) is 16.3 Å². The number of hydrogen-bond acceptors (Lipinski definition) is 3. The zero-order chi connectivity index (χ0) is 17.2. The van der Waals surface area contributed by atoms with Gasteiger partial charge >= 0.3 is 12.1 Å². The lowest BCUT2D eigenvalue weighted by atomic mass is 9.93. The van der Waals surface area contributed by atoms with Crippen molar-refractivity contribution in [2.75, 3.05) is 33.2 Å². The van der Waals surface area contributed by atoms with E-state index in [1.807, 2.05) is 24.3 Å². The molecule has 1 N–H and O–H groups in total. The number of piperidine rings is 1. The molecule has 7 heteroatoms. The molecule has 0 saturated carbocycles. The standard InChI is InChI=1S/C17H22ClN3O3/c1-20-11-17(24-16(20)23)8-4-10-21(12-17)15(22)19-9-7-13-5-2-3-6-14(13)18/h2-3,5-6H,4,7-12H2,1H3,(H,19,22)/t17-/m1/s1. The monoisotopic (exact) mass is 351 g/mol. The van der Waals surface area contributed by atoms with Crippen LogP contribution in [0.15, 0.2) is 24.3 Å². The summed E-state index contributed by atoms with van der Waals surface area (Å²) in [5, 5.41) is 3.64. The topological polar surface area (TPSA) is 61.9 Å². The van der Waals surface area contributed by atoms with Crippen molar-refractivity contribution in [2.45, 2.75) is 24.9 Å². The number of ether oxygens (including phenoxy) is 1. The van der Waals surface area contributed by atoms with Crippen LogP contribution in [0.5, 0.6) is 0 Å². The second-order valence-electron chi connectivity index (χ2n) is 6.51. The lowest BCUT2D eigenvalue weighted by Crippen LogP contribution is -2.54. The number of hydrogen-bond donors (Lipinski definition) is 1. The van der Waals surface area contributed by atoms with E-state index in [-0.39, 0.29) is 12.1 Å². The molecule has 130 valence electrons. The molecule has 1 aromatic rings. The van der Waals surface area contributed by atoms with E-state index in [1.165, 1.54) is 0 Å². The highest BCUT2D eigenvalue weighted by atomic mass is 35.5. The van der Waals surface area contributed by atoms with E-state index in [9.17, 15) is 9.59 Å². The van der Waals surface area contributed by atoms with Crippen molar-refractivity contribution < 1.29 is 14.3 Å². The van der Waals surface area contributed by atoms with Crippen LogP contribution in [-0.2, 0) is 11.2 Å². The zero-order valence-electron chi connectivity index (χ0n) is 13.8. The number of urea groups is 1. The summed E-state index contributed by atoms with van der Waals surface area (Å²) < 4.78 is 5.52. The van der Waals surface area contributed by atoms with E-state index in [0.717, 1.165) is 18.4 Å². The normalized spacial score (nSPS) is 23.5. The number of benzene rings is 1. The zero-order valence-corrected chi connectivity index (χ0v) is 14.5. The Bertz CT molecular complexity index is 639. The Morgan fingerprint density at radius 2 is 2.17 bits per heavy atom. The molecule has 6 nitrogen and oxygen atoms in total. The van der Waals surface area contributed by atoms with Crippen LogP contribution in [0.3, 0.4) is 0 Å². The predicted octanol–water partition coefficient (Wildman–Crippen LogP) is 2.51. The molecular formula is C17H22ClN3O3. The highest BCUT2D eigenvalue weighted by Gasteiger charge is 2.47. The van der Waals surface area contributed by atoms with Gasteiger partial charge in [0.05, 0.1) is 13.1 Å². The molecule has 1 spiro atoms. The fraction of sp³-hybridized carbons (Fsp3) is 0.529. The number of carbonyl (C=O) groups is 2. The molecule has 0 aromatic heterocycles. The molecule has 0 radical (unpaired) electrons.